The van der Waals surface area contributed by atoms with Crippen molar-refractivity contribution in [2.45, 2.75) is 38.6 Å². The Morgan fingerprint density at radius 1 is 1.13 bits per heavy atom. The van der Waals surface area contributed by atoms with E-state index in [9.17, 15) is 14.0 Å². The molecule has 0 aliphatic carbocycles. The van der Waals surface area contributed by atoms with Crippen LogP contribution in [0.1, 0.15) is 52.7 Å². The van der Waals surface area contributed by atoms with E-state index in [1.54, 1.807) is 23.2 Å². The van der Waals surface area contributed by atoms with E-state index in [0.717, 1.165) is 24.8 Å². The topological polar surface area (TPSA) is 75.6 Å². The molecular formula is C23H27FN4O3. The van der Waals surface area contributed by atoms with Crippen molar-refractivity contribution in [3.8, 4) is 0 Å². The van der Waals surface area contributed by atoms with Gasteiger partial charge in [-0.05, 0) is 43.9 Å². The van der Waals surface area contributed by atoms with Gasteiger partial charge in [0.25, 0.3) is 5.91 Å². The number of aryl methyl sites for hydroxylation is 1. The summed E-state index contributed by atoms with van der Waals surface area (Å²) >= 11 is 0. The van der Waals surface area contributed by atoms with Gasteiger partial charge in [-0.25, -0.2) is 14.4 Å². The highest BCUT2D eigenvalue weighted by atomic mass is 19.1. The minimum absolute atomic E-state index is 0.0222. The van der Waals surface area contributed by atoms with Gasteiger partial charge < -0.3 is 14.5 Å². The van der Waals surface area contributed by atoms with Crippen LogP contribution in [0.2, 0.25) is 0 Å². The fraction of sp³-hybridized carbons (Fsp3) is 0.478. The van der Waals surface area contributed by atoms with Gasteiger partial charge in [0.1, 0.15) is 5.82 Å². The van der Waals surface area contributed by atoms with E-state index < -0.39 is 0 Å². The Bertz CT molecular complexity index is 944. The van der Waals surface area contributed by atoms with Crippen LogP contribution in [0.5, 0.6) is 0 Å². The zero-order valence-electron chi connectivity index (χ0n) is 17.7. The summed E-state index contributed by atoms with van der Waals surface area (Å²) in [6.45, 7) is 4.66. The molecule has 2 amide bonds. The van der Waals surface area contributed by atoms with Crippen molar-refractivity contribution >= 4 is 11.8 Å². The maximum atomic E-state index is 13.2. The third kappa shape index (κ3) is 4.90. The van der Waals surface area contributed by atoms with Gasteiger partial charge in [-0.2, -0.15) is 0 Å². The van der Waals surface area contributed by atoms with E-state index in [-0.39, 0.29) is 30.1 Å². The van der Waals surface area contributed by atoms with E-state index in [1.807, 2.05) is 11.8 Å². The second-order valence-corrected chi connectivity index (χ2v) is 8.03. The highest BCUT2D eigenvalue weighted by Crippen LogP contribution is 2.30. The van der Waals surface area contributed by atoms with Crippen LogP contribution in [0.3, 0.4) is 0 Å². The SMILES string of the molecule is Cc1nc([C@H]2CCCCN2C(=O)Cc2ccc(F)cc2)ncc1C(=O)N1CCOCC1. The lowest BCUT2D eigenvalue weighted by atomic mass is 9.99. The molecule has 31 heavy (non-hydrogen) atoms. The first-order valence-corrected chi connectivity index (χ1v) is 10.8. The third-order valence-corrected chi connectivity index (χ3v) is 5.92. The van der Waals surface area contributed by atoms with Crippen LogP contribution >= 0.6 is 0 Å². The molecule has 3 heterocycles. The maximum absolute atomic E-state index is 13.2. The molecule has 0 saturated carbocycles. The van der Waals surface area contributed by atoms with Gasteiger partial charge >= 0.3 is 0 Å². The first-order chi connectivity index (χ1) is 15.0. The van der Waals surface area contributed by atoms with Crippen LogP contribution in [0, 0.1) is 12.7 Å². The lowest BCUT2D eigenvalue weighted by Gasteiger charge is -2.35. The number of halogens is 1. The fourth-order valence-corrected chi connectivity index (χ4v) is 4.17. The quantitative estimate of drug-likeness (QED) is 0.752. The molecule has 0 spiro atoms. The molecule has 2 fully saturated rings. The first-order valence-electron chi connectivity index (χ1n) is 10.8. The van der Waals surface area contributed by atoms with Gasteiger partial charge in [0.15, 0.2) is 5.82 Å². The average molecular weight is 426 g/mol. The average Bonchev–Trinajstić information content (AvgIpc) is 2.80. The molecule has 0 radical (unpaired) electrons. The largest absolute Gasteiger partial charge is 0.378 e. The maximum Gasteiger partial charge on any atom is 0.257 e. The van der Waals surface area contributed by atoms with Crippen molar-refractivity contribution in [1.29, 1.82) is 0 Å². The van der Waals surface area contributed by atoms with Crippen LogP contribution in [-0.2, 0) is 16.0 Å². The second kappa shape index (κ2) is 9.51. The monoisotopic (exact) mass is 426 g/mol. The molecule has 2 aliphatic rings. The van der Waals surface area contributed by atoms with Crippen molar-refractivity contribution in [2.24, 2.45) is 0 Å². The minimum atomic E-state index is -0.317. The van der Waals surface area contributed by atoms with Crippen LogP contribution in [0.15, 0.2) is 30.5 Å². The van der Waals surface area contributed by atoms with E-state index in [2.05, 4.69) is 9.97 Å². The molecule has 1 aromatic carbocycles. The molecule has 2 saturated heterocycles. The molecule has 0 bridgehead atoms. The number of rotatable bonds is 4. The molecule has 2 aliphatic heterocycles. The summed E-state index contributed by atoms with van der Waals surface area (Å²) in [5.41, 5.74) is 1.89. The van der Waals surface area contributed by atoms with Crippen molar-refractivity contribution in [2.75, 3.05) is 32.8 Å². The van der Waals surface area contributed by atoms with Gasteiger partial charge in [0, 0.05) is 25.8 Å². The minimum Gasteiger partial charge on any atom is -0.378 e. The normalized spacial score (nSPS) is 19.4. The molecule has 0 N–H and O–H groups in total. The number of carbonyl (C=O) groups is 2. The molecule has 1 aromatic heterocycles. The Labute approximate surface area is 181 Å². The van der Waals surface area contributed by atoms with Crippen molar-refractivity contribution in [1.82, 2.24) is 19.8 Å². The Morgan fingerprint density at radius 2 is 1.87 bits per heavy atom. The van der Waals surface area contributed by atoms with Crippen molar-refractivity contribution in [3.05, 3.63) is 58.9 Å². The predicted octanol–water partition coefficient (Wildman–Crippen LogP) is 2.69. The van der Waals surface area contributed by atoms with Crippen LogP contribution < -0.4 is 0 Å². The highest BCUT2D eigenvalue weighted by Gasteiger charge is 2.31. The zero-order valence-corrected chi connectivity index (χ0v) is 17.7. The van der Waals surface area contributed by atoms with Gasteiger partial charge in [0.05, 0.1) is 36.9 Å². The second-order valence-electron chi connectivity index (χ2n) is 8.03. The summed E-state index contributed by atoms with van der Waals surface area (Å²) in [5.74, 6) is 0.150. The number of carbonyl (C=O) groups excluding carboxylic acids is 2. The molecule has 1 atom stereocenters. The molecule has 4 rings (SSSR count). The first kappa shape index (κ1) is 21.4. The van der Waals surface area contributed by atoms with Gasteiger partial charge in [-0.15, -0.1) is 0 Å². The lowest BCUT2D eigenvalue weighted by molar-refractivity contribution is -0.134. The summed E-state index contributed by atoms with van der Waals surface area (Å²) in [6, 6.07) is 5.80. The Hall–Kier alpha value is -2.87. The molecule has 7 nitrogen and oxygen atoms in total. The Morgan fingerprint density at radius 3 is 2.58 bits per heavy atom. The lowest BCUT2D eigenvalue weighted by Crippen LogP contribution is -2.41. The number of nitrogens with zero attached hydrogens (tertiary/aromatic N) is 4. The summed E-state index contributed by atoms with van der Waals surface area (Å²) in [5, 5.41) is 0. The molecule has 164 valence electrons. The summed E-state index contributed by atoms with van der Waals surface area (Å²) in [4.78, 5) is 38.5. The number of piperidine rings is 1. The molecule has 8 heteroatoms. The fourth-order valence-electron chi connectivity index (χ4n) is 4.17. The molecule has 0 unspecified atom stereocenters. The number of hydrogen-bond acceptors (Lipinski definition) is 5. The molecule has 2 aromatic rings. The smallest absolute Gasteiger partial charge is 0.257 e. The van der Waals surface area contributed by atoms with E-state index >= 15 is 0 Å². The number of aromatic nitrogens is 2. The summed E-state index contributed by atoms with van der Waals surface area (Å²) < 4.78 is 18.5. The van der Waals surface area contributed by atoms with Crippen molar-refractivity contribution in [3.63, 3.8) is 0 Å². The third-order valence-electron chi connectivity index (χ3n) is 5.92. The summed E-state index contributed by atoms with van der Waals surface area (Å²) in [6.07, 6.45) is 4.50. The van der Waals surface area contributed by atoms with Crippen LogP contribution in [0.4, 0.5) is 4.39 Å². The van der Waals surface area contributed by atoms with E-state index in [4.69, 9.17) is 4.74 Å². The number of morpholine rings is 1. The number of amides is 2. The van der Waals surface area contributed by atoms with Gasteiger partial charge in [-0.1, -0.05) is 12.1 Å². The number of likely N-dealkylation sites (tertiary alicyclic amines) is 1. The van der Waals surface area contributed by atoms with Crippen LogP contribution in [-0.4, -0.2) is 64.4 Å². The molecular weight excluding hydrogens is 399 g/mol. The van der Waals surface area contributed by atoms with Crippen molar-refractivity contribution < 1.29 is 18.7 Å². The summed E-state index contributed by atoms with van der Waals surface area (Å²) in [7, 11) is 0. The van der Waals surface area contributed by atoms with Gasteiger partial charge in [0.2, 0.25) is 5.91 Å². The standard InChI is InChI=1S/C23H27FN4O3/c1-16-19(23(30)27-10-12-31-13-11-27)15-25-22(26-16)20-4-2-3-9-28(20)21(29)14-17-5-7-18(24)8-6-17/h5-8,15,20H,2-4,9-14H2,1H3/t20-/m1/s1. The highest BCUT2D eigenvalue weighted by molar-refractivity contribution is 5.95. The predicted molar refractivity (Wildman–Crippen MR) is 112 cm³/mol. The number of hydrogen-bond donors (Lipinski definition) is 0. The van der Waals surface area contributed by atoms with Crippen LogP contribution in [0.25, 0.3) is 0 Å². The van der Waals surface area contributed by atoms with E-state index in [1.165, 1.54) is 12.1 Å². The zero-order chi connectivity index (χ0) is 21.8. The Kier molecular flexibility index (Phi) is 6.56. The number of ether oxygens (including phenoxy) is 1. The van der Waals surface area contributed by atoms with E-state index in [0.29, 0.717) is 49.9 Å². The number of benzene rings is 1. The van der Waals surface area contributed by atoms with Gasteiger partial charge in [-0.3, -0.25) is 9.59 Å². The Balaban J connectivity index is 1.50.